The highest BCUT2D eigenvalue weighted by atomic mass is 32.1. The van der Waals surface area contributed by atoms with E-state index >= 15 is 0 Å². The average Bonchev–Trinajstić information content (AvgIpc) is 3.20. The number of ether oxygens (including phenoxy) is 1. The molecule has 0 aliphatic heterocycles. The predicted octanol–water partition coefficient (Wildman–Crippen LogP) is 5.28. The Labute approximate surface area is 203 Å². The monoisotopic (exact) mass is 492 g/mol. The number of thiophene rings is 2. The minimum Gasteiger partial charge on any atom is -0.480 e. The summed E-state index contributed by atoms with van der Waals surface area (Å²) in [5, 5.41) is 20.4. The van der Waals surface area contributed by atoms with Gasteiger partial charge in [0, 0.05) is 16.4 Å². The van der Waals surface area contributed by atoms with Crippen LogP contribution in [0.2, 0.25) is 0 Å². The maximum atomic E-state index is 12.5. The topological polar surface area (TPSA) is 106 Å². The van der Waals surface area contributed by atoms with Crippen LogP contribution in [0.25, 0.3) is 20.0 Å². The van der Waals surface area contributed by atoms with Gasteiger partial charge in [0.25, 0.3) is 0 Å². The van der Waals surface area contributed by atoms with E-state index in [2.05, 4.69) is 27.5 Å². The maximum absolute atomic E-state index is 12.5. The van der Waals surface area contributed by atoms with E-state index in [0.717, 1.165) is 24.7 Å². The van der Waals surface area contributed by atoms with Gasteiger partial charge in [0.15, 0.2) is 5.82 Å². The first kappa shape index (κ1) is 22.1. The van der Waals surface area contributed by atoms with Gasteiger partial charge in [0.1, 0.15) is 17.2 Å². The van der Waals surface area contributed by atoms with Gasteiger partial charge in [0.05, 0.1) is 9.75 Å². The third-order valence-corrected chi connectivity index (χ3v) is 7.84. The summed E-state index contributed by atoms with van der Waals surface area (Å²) in [5.74, 6) is 5.54. The molecule has 1 aliphatic rings. The molecule has 1 atom stereocenters. The fourth-order valence-corrected chi connectivity index (χ4v) is 5.69. The van der Waals surface area contributed by atoms with Crippen molar-refractivity contribution in [3.05, 3.63) is 52.9 Å². The lowest BCUT2D eigenvalue weighted by molar-refractivity contribution is -0.141. The first-order valence-corrected chi connectivity index (χ1v) is 12.2. The minimum atomic E-state index is -0.866. The van der Waals surface area contributed by atoms with Gasteiger partial charge < -0.3 is 9.84 Å². The molecule has 2 N–H and O–H groups in total. The summed E-state index contributed by atoms with van der Waals surface area (Å²) in [6.45, 7) is 1.81. The summed E-state index contributed by atoms with van der Waals surface area (Å²) < 4.78 is 9.05. The number of aryl methyl sites for hydroxylation is 1. The zero-order valence-electron chi connectivity index (χ0n) is 18.4. The number of fused-ring (bicyclic) bond motifs is 1. The van der Waals surface area contributed by atoms with Gasteiger partial charge in [-0.25, -0.2) is 9.48 Å². The maximum Gasteiger partial charge on any atom is 0.413 e. The van der Waals surface area contributed by atoms with E-state index < -0.39 is 23.6 Å². The van der Waals surface area contributed by atoms with E-state index in [4.69, 9.17) is 4.74 Å². The molecule has 5 rings (SSSR count). The molecule has 1 amide bonds. The zero-order valence-corrected chi connectivity index (χ0v) is 20.0. The van der Waals surface area contributed by atoms with Crippen LogP contribution in [-0.2, 0) is 16.6 Å². The van der Waals surface area contributed by atoms with Crippen LogP contribution in [0.3, 0.4) is 0 Å². The third-order valence-electron chi connectivity index (χ3n) is 5.62. The molecule has 1 fully saturated rings. The normalized spacial score (nSPS) is 14.8. The molecule has 0 spiro atoms. The third kappa shape index (κ3) is 4.27. The summed E-state index contributed by atoms with van der Waals surface area (Å²) >= 11 is 3.01. The molecule has 172 valence electrons. The molecule has 0 saturated heterocycles. The van der Waals surface area contributed by atoms with Gasteiger partial charge in [-0.2, -0.15) is 0 Å². The summed E-state index contributed by atoms with van der Waals surface area (Å²) in [4.78, 5) is 25.5. The molecule has 0 unspecified atom stereocenters. The number of nitrogens with zero attached hydrogens (tertiary/aromatic N) is 3. The fourth-order valence-electron chi connectivity index (χ4n) is 3.45. The molecule has 0 bridgehead atoms. The van der Waals surface area contributed by atoms with Crippen molar-refractivity contribution in [2.45, 2.75) is 25.9 Å². The van der Waals surface area contributed by atoms with Crippen molar-refractivity contribution in [1.29, 1.82) is 0 Å². The van der Waals surface area contributed by atoms with Crippen LogP contribution < -0.4 is 5.32 Å². The van der Waals surface area contributed by atoms with E-state index in [1.54, 1.807) is 7.05 Å². The zero-order chi connectivity index (χ0) is 23.9. The number of aliphatic carboxylic acids is 1. The standard InChI is InChI=1S/C24H20N4O4S2/c1-14(15-6-4-3-5-7-15)32-23(31)25-21-20(26-27-28(21)2)19-13-18-17(34-19)12-16(33-18)8-9-24(10-11-24)22(29)30/h3-7,12-14H,10-11H2,1-2H3,(H,25,31)(H,29,30)/t14-/m1/s1. The average molecular weight is 493 g/mol. The van der Waals surface area contributed by atoms with Gasteiger partial charge in [-0.3, -0.25) is 10.1 Å². The number of anilines is 1. The van der Waals surface area contributed by atoms with Gasteiger partial charge in [-0.1, -0.05) is 47.4 Å². The lowest BCUT2D eigenvalue weighted by atomic mass is 10.1. The Balaban J connectivity index is 1.33. The Morgan fingerprint density at radius 3 is 2.62 bits per heavy atom. The summed E-state index contributed by atoms with van der Waals surface area (Å²) in [6, 6.07) is 13.4. The number of hydrogen-bond donors (Lipinski definition) is 2. The highest BCUT2D eigenvalue weighted by molar-refractivity contribution is 7.29. The van der Waals surface area contributed by atoms with Gasteiger partial charge in [-0.05, 0) is 37.5 Å². The Hall–Kier alpha value is -3.68. The molecule has 3 aromatic heterocycles. The second-order valence-corrected chi connectivity index (χ2v) is 10.2. The number of carbonyl (C=O) groups is 2. The number of carbonyl (C=O) groups excluding carboxylic acids is 1. The summed E-state index contributed by atoms with van der Waals surface area (Å²) in [5.41, 5.74) is 0.583. The Morgan fingerprint density at radius 2 is 1.94 bits per heavy atom. The van der Waals surface area contributed by atoms with E-state index in [9.17, 15) is 14.7 Å². The van der Waals surface area contributed by atoms with Crippen LogP contribution >= 0.6 is 22.7 Å². The molecule has 1 saturated carbocycles. The fraction of sp³-hybridized carbons (Fsp3) is 0.250. The second-order valence-electron chi connectivity index (χ2n) is 8.08. The Morgan fingerprint density at radius 1 is 1.21 bits per heavy atom. The Bertz CT molecular complexity index is 1420. The molecule has 34 heavy (non-hydrogen) atoms. The van der Waals surface area contributed by atoms with E-state index in [-0.39, 0.29) is 0 Å². The van der Waals surface area contributed by atoms with Crippen molar-refractivity contribution in [3.8, 4) is 22.4 Å². The Kier molecular flexibility index (Phi) is 5.59. The van der Waals surface area contributed by atoms with Gasteiger partial charge >= 0.3 is 12.1 Å². The lowest BCUT2D eigenvalue weighted by Crippen LogP contribution is -2.18. The second kappa shape index (κ2) is 8.59. The molecule has 4 aromatic rings. The molecule has 10 heteroatoms. The summed E-state index contributed by atoms with van der Waals surface area (Å²) in [6.07, 6.45) is 0.211. The lowest BCUT2D eigenvalue weighted by Gasteiger charge is -2.14. The van der Waals surface area contributed by atoms with Crippen LogP contribution in [0.15, 0.2) is 42.5 Å². The van der Waals surface area contributed by atoms with E-state index in [1.807, 2.05) is 49.4 Å². The number of hydrogen-bond acceptors (Lipinski definition) is 7. The van der Waals surface area contributed by atoms with Crippen LogP contribution in [0.1, 0.15) is 36.3 Å². The molecule has 3 heterocycles. The largest absolute Gasteiger partial charge is 0.480 e. The van der Waals surface area contributed by atoms with Crippen molar-refractivity contribution in [2.75, 3.05) is 5.32 Å². The number of aromatic nitrogens is 3. The van der Waals surface area contributed by atoms with Crippen molar-refractivity contribution < 1.29 is 19.4 Å². The van der Waals surface area contributed by atoms with Crippen LogP contribution in [0, 0.1) is 17.3 Å². The van der Waals surface area contributed by atoms with Gasteiger partial charge in [-0.15, -0.1) is 27.8 Å². The van der Waals surface area contributed by atoms with E-state index in [1.165, 1.54) is 27.4 Å². The molecule has 1 aromatic carbocycles. The number of benzene rings is 1. The molecular formula is C24H20N4O4S2. The number of rotatable bonds is 5. The predicted molar refractivity (Wildman–Crippen MR) is 131 cm³/mol. The van der Waals surface area contributed by atoms with Crippen molar-refractivity contribution in [1.82, 2.24) is 15.0 Å². The highest BCUT2D eigenvalue weighted by Gasteiger charge is 2.49. The smallest absolute Gasteiger partial charge is 0.413 e. The number of carboxylic acid groups (broad SMARTS) is 1. The number of amides is 1. The SMILES string of the molecule is C[C@@H](OC(=O)Nc1c(-c2cc3sc(C#CC4(C(=O)O)CC4)cc3s2)nnn1C)c1ccccc1. The molecule has 0 radical (unpaired) electrons. The van der Waals surface area contributed by atoms with Crippen molar-refractivity contribution in [3.63, 3.8) is 0 Å². The number of nitrogens with one attached hydrogen (secondary N) is 1. The minimum absolute atomic E-state index is 0.409. The van der Waals surface area contributed by atoms with Crippen molar-refractivity contribution >= 4 is 50.0 Å². The number of carboxylic acids is 1. The molecule has 1 aliphatic carbocycles. The first-order chi connectivity index (χ1) is 16.3. The first-order valence-electron chi connectivity index (χ1n) is 10.6. The molecule has 8 nitrogen and oxygen atoms in total. The van der Waals surface area contributed by atoms with Gasteiger partial charge in [0.2, 0.25) is 0 Å². The van der Waals surface area contributed by atoms with Crippen molar-refractivity contribution in [2.24, 2.45) is 12.5 Å². The van der Waals surface area contributed by atoms with Crippen LogP contribution in [0.5, 0.6) is 0 Å². The van der Waals surface area contributed by atoms with Crippen LogP contribution in [0.4, 0.5) is 10.6 Å². The highest BCUT2D eigenvalue weighted by Crippen LogP contribution is 2.45. The van der Waals surface area contributed by atoms with E-state index in [0.29, 0.717) is 24.4 Å². The van der Waals surface area contributed by atoms with Crippen LogP contribution in [-0.4, -0.2) is 32.2 Å². The summed E-state index contributed by atoms with van der Waals surface area (Å²) in [7, 11) is 1.70. The molecular weight excluding hydrogens is 472 g/mol. The quantitative estimate of drug-likeness (QED) is 0.367.